The third kappa shape index (κ3) is 1.88. The van der Waals surface area contributed by atoms with Gasteiger partial charge in [-0.05, 0) is 18.6 Å². The number of nitrogens with zero attached hydrogens (tertiary/aromatic N) is 1. The van der Waals surface area contributed by atoms with E-state index in [2.05, 4.69) is 6.07 Å². The monoisotopic (exact) mass is 142 g/mol. The van der Waals surface area contributed by atoms with E-state index in [-0.39, 0.29) is 11.3 Å². The molecule has 0 aromatic carbocycles. The molecule has 0 aromatic rings. The van der Waals surface area contributed by atoms with Gasteiger partial charge in [0.15, 0.2) is 0 Å². The summed E-state index contributed by atoms with van der Waals surface area (Å²) in [6.45, 7) is 0. The van der Waals surface area contributed by atoms with Crippen molar-refractivity contribution in [3.63, 3.8) is 0 Å². The van der Waals surface area contributed by atoms with Crippen molar-refractivity contribution >= 4 is 11.8 Å². The number of nitrogens with two attached hydrogens (primary N) is 1. The van der Waals surface area contributed by atoms with Crippen LogP contribution in [0.5, 0.6) is 0 Å². The normalized spacial score (nSPS) is 35.6. The van der Waals surface area contributed by atoms with Crippen molar-refractivity contribution in [2.75, 3.05) is 5.75 Å². The topological polar surface area (TPSA) is 49.8 Å². The van der Waals surface area contributed by atoms with E-state index in [0.29, 0.717) is 0 Å². The van der Waals surface area contributed by atoms with Crippen LogP contribution in [-0.2, 0) is 0 Å². The number of hydrogen-bond donors (Lipinski definition) is 1. The van der Waals surface area contributed by atoms with Crippen molar-refractivity contribution < 1.29 is 0 Å². The van der Waals surface area contributed by atoms with E-state index in [4.69, 9.17) is 11.0 Å². The lowest BCUT2D eigenvalue weighted by Crippen LogP contribution is -2.24. The maximum absolute atomic E-state index is 8.49. The number of nitriles is 1. The molecule has 2 atom stereocenters. The van der Waals surface area contributed by atoms with Gasteiger partial charge < -0.3 is 5.73 Å². The molecule has 0 saturated carbocycles. The molecule has 1 heterocycles. The molecule has 2 unspecified atom stereocenters. The minimum atomic E-state index is 0.211. The van der Waals surface area contributed by atoms with E-state index in [1.165, 1.54) is 0 Å². The summed E-state index contributed by atoms with van der Waals surface area (Å²) in [5.74, 6) is 1.28. The predicted octanol–water partition coefficient (Wildman–Crippen LogP) is 0.938. The van der Waals surface area contributed by atoms with Crippen LogP contribution in [0, 0.1) is 17.2 Å². The molecule has 2 N–H and O–H groups in total. The molecule has 1 rings (SSSR count). The second kappa shape index (κ2) is 3.09. The van der Waals surface area contributed by atoms with Crippen LogP contribution in [0.1, 0.15) is 12.8 Å². The van der Waals surface area contributed by atoms with Crippen molar-refractivity contribution in [3.8, 4) is 6.07 Å². The summed E-state index contributed by atoms with van der Waals surface area (Å²) in [6.07, 6.45) is 1.90. The molecule has 0 bridgehead atoms. The van der Waals surface area contributed by atoms with Gasteiger partial charge in [0, 0.05) is 5.92 Å². The third-order valence-electron chi connectivity index (χ3n) is 1.50. The molecule has 2 nitrogen and oxygen atoms in total. The van der Waals surface area contributed by atoms with Gasteiger partial charge in [-0.25, -0.2) is 0 Å². The largest absolute Gasteiger partial charge is 0.319 e. The van der Waals surface area contributed by atoms with Crippen LogP contribution in [0.3, 0.4) is 0 Å². The van der Waals surface area contributed by atoms with Gasteiger partial charge in [-0.15, -0.1) is 11.8 Å². The Morgan fingerprint density at radius 2 is 2.44 bits per heavy atom. The van der Waals surface area contributed by atoms with Crippen LogP contribution >= 0.6 is 11.8 Å². The predicted molar refractivity (Wildman–Crippen MR) is 38.8 cm³/mol. The Morgan fingerprint density at radius 1 is 1.67 bits per heavy atom. The quantitative estimate of drug-likeness (QED) is 0.547. The van der Waals surface area contributed by atoms with Crippen molar-refractivity contribution in [3.05, 3.63) is 0 Å². The van der Waals surface area contributed by atoms with Gasteiger partial charge in [0.2, 0.25) is 0 Å². The van der Waals surface area contributed by atoms with Crippen LogP contribution in [-0.4, -0.2) is 11.1 Å². The SMILES string of the molecule is N#CC1CCSC(N)C1. The zero-order valence-electron chi connectivity index (χ0n) is 5.21. The lowest BCUT2D eigenvalue weighted by atomic mass is 10.0. The Morgan fingerprint density at radius 3 is 2.89 bits per heavy atom. The third-order valence-corrected chi connectivity index (χ3v) is 2.59. The fraction of sp³-hybridized carbons (Fsp3) is 0.833. The molecule has 0 aliphatic carbocycles. The highest BCUT2D eigenvalue weighted by atomic mass is 32.2. The van der Waals surface area contributed by atoms with Crippen LogP contribution in [0.15, 0.2) is 0 Å². The molecular formula is C6H10N2S. The summed E-state index contributed by atoms with van der Waals surface area (Å²) >= 11 is 1.76. The highest BCUT2D eigenvalue weighted by Crippen LogP contribution is 2.25. The highest BCUT2D eigenvalue weighted by Gasteiger charge is 2.18. The molecule has 1 aliphatic heterocycles. The summed E-state index contributed by atoms with van der Waals surface area (Å²) in [4.78, 5) is 0. The summed E-state index contributed by atoms with van der Waals surface area (Å²) in [5.41, 5.74) is 5.61. The molecule has 9 heavy (non-hydrogen) atoms. The summed E-state index contributed by atoms with van der Waals surface area (Å²) in [6, 6.07) is 2.24. The van der Waals surface area contributed by atoms with Crippen LogP contribution in [0.2, 0.25) is 0 Å². The van der Waals surface area contributed by atoms with Gasteiger partial charge >= 0.3 is 0 Å². The summed E-state index contributed by atoms with van der Waals surface area (Å²) < 4.78 is 0. The Hall–Kier alpha value is -0.200. The minimum Gasteiger partial charge on any atom is -0.319 e. The van der Waals surface area contributed by atoms with Crippen molar-refractivity contribution in [1.29, 1.82) is 5.26 Å². The van der Waals surface area contributed by atoms with Crippen molar-refractivity contribution in [2.24, 2.45) is 11.7 Å². The van der Waals surface area contributed by atoms with Gasteiger partial charge in [0.05, 0.1) is 11.4 Å². The summed E-state index contributed by atoms with van der Waals surface area (Å²) in [7, 11) is 0. The first-order valence-electron chi connectivity index (χ1n) is 3.09. The van der Waals surface area contributed by atoms with E-state index in [1.807, 2.05) is 0 Å². The van der Waals surface area contributed by atoms with Crippen LogP contribution < -0.4 is 5.73 Å². The number of thioether (sulfide) groups is 1. The molecule has 3 heteroatoms. The van der Waals surface area contributed by atoms with Crippen LogP contribution in [0.25, 0.3) is 0 Å². The van der Waals surface area contributed by atoms with Gasteiger partial charge in [-0.1, -0.05) is 0 Å². The fourth-order valence-electron chi connectivity index (χ4n) is 0.945. The number of hydrogen-bond acceptors (Lipinski definition) is 3. The Balaban J connectivity index is 2.34. The zero-order valence-corrected chi connectivity index (χ0v) is 6.03. The fourth-order valence-corrected chi connectivity index (χ4v) is 2.04. The molecule has 50 valence electrons. The first kappa shape index (κ1) is 6.91. The first-order valence-corrected chi connectivity index (χ1v) is 4.14. The van der Waals surface area contributed by atoms with Crippen LogP contribution in [0.4, 0.5) is 0 Å². The molecule has 0 amide bonds. The highest BCUT2D eigenvalue weighted by molar-refractivity contribution is 7.99. The second-order valence-electron chi connectivity index (χ2n) is 2.26. The van der Waals surface area contributed by atoms with E-state index >= 15 is 0 Å². The minimum absolute atomic E-state index is 0.211. The van der Waals surface area contributed by atoms with E-state index in [1.54, 1.807) is 11.8 Å². The van der Waals surface area contributed by atoms with Gasteiger partial charge in [-0.3, -0.25) is 0 Å². The molecule has 1 saturated heterocycles. The maximum atomic E-state index is 8.49. The first-order chi connectivity index (χ1) is 4.33. The Kier molecular flexibility index (Phi) is 2.38. The molecule has 0 aromatic heterocycles. The average molecular weight is 142 g/mol. The average Bonchev–Trinajstić information content (AvgIpc) is 1.88. The Labute approximate surface area is 59.4 Å². The van der Waals surface area contributed by atoms with Gasteiger partial charge in [0.25, 0.3) is 0 Å². The molecule has 0 spiro atoms. The van der Waals surface area contributed by atoms with Gasteiger partial charge in [-0.2, -0.15) is 5.26 Å². The molecule has 0 radical (unpaired) electrons. The Bertz CT molecular complexity index is 130. The van der Waals surface area contributed by atoms with Crippen molar-refractivity contribution in [2.45, 2.75) is 18.2 Å². The zero-order chi connectivity index (χ0) is 6.69. The van der Waals surface area contributed by atoms with Crippen molar-refractivity contribution in [1.82, 2.24) is 0 Å². The number of rotatable bonds is 0. The van der Waals surface area contributed by atoms with E-state index in [9.17, 15) is 0 Å². The smallest absolute Gasteiger partial charge is 0.0657 e. The molecule has 1 aliphatic rings. The lowest BCUT2D eigenvalue weighted by molar-refractivity contribution is 0.560. The molecule has 1 fully saturated rings. The second-order valence-corrected chi connectivity index (χ2v) is 3.61. The summed E-state index contributed by atoms with van der Waals surface area (Å²) in [5, 5.41) is 8.71. The maximum Gasteiger partial charge on any atom is 0.0657 e. The standard InChI is InChI=1S/C6H10N2S/c7-4-5-1-2-9-6(8)3-5/h5-6H,1-3,8H2. The van der Waals surface area contributed by atoms with Gasteiger partial charge in [0.1, 0.15) is 0 Å². The molecular weight excluding hydrogens is 132 g/mol. The lowest BCUT2D eigenvalue weighted by Gasteiger charge is -2.20. The van der Waals surface area contributed by atoms with E-state index < -0.39 is 0 Å². The van der Waals surface area contributed by atoms with E-state index in [0.717, 1.165) is 18.6 Å².